The van der Waals surface area contributed by atoms with Crippen LogP contribution in [0.1, 0.15) is 17.0 Å². The van der Waals surface area contributed by atoms with Crippen molar-refractivity contribution in [2.24, 2.45) is 7.05 Å². The van der Waals surface area contributed by atoms with Gasteiger partial charge in [0.2, 0.25) is 0 Å². The molecule has 7 nitrogen and oxygen atoms in total. The zero-order valence-electron chi connectivity index (χ0n) is 17.4. The van der Waals surface area contributed by atoms with Gasteiger partial charge < -0.3 is 5.11 Å². The summed E-state index contributed by atoms with van der Waals surface area (Å²) in [5.41, 5.74) is 4.29. The van der Waals surface area contributed by atoms with Gasteiger partial charge in [-0.1, -0.05) is 6.07 Å². The van der Waals surface area contributed by atoms with Crippen LogP contribution in [0.4, 0.5) is 13.2 Å². The van der Waals surface area contributed by atoms with Crippen molar-refractivity contribution >= 4 is 27.1 Å². The summed E-state index contributed by atoms with van der Waals surface area (Å²) in [6.45, 7) is 2.23. The molecule has 1 N–H and O–H groups in total. The van der Waals surface area contributed by atoms with Crippen LogP contribution in [0.3, 0.4) is 0 Å². The maximum absolute atomic E-state index is 13.0. The quantitative estimate of drug-likeness (QED) is 0.593. The fourth-order valence-electron chi connectivity index (χ4n) is 4.25. The Labute approximate surface area is 192 Å². The lowest BCUT2D eigenvalue weighted by Gasteiger charge is -2.16. The molecule has 1 fully saturated rings. The van der Waals surface area contributed by atoms with Gasteiger partial charge in [0.1, 0.15) is 0 Å². The predicted molar refractivity (Wildman–Crippen MR) is 116 cm³/mol. The molecule has 2 aliphatic rings. The Bertz CT molecular complexity index is 1270. The Morgan fingerprint density at radius 1 is 1.24 bits per heavy atom. The van der Waals surface area contributed by atoms with Crippen molar-refractivity contribution in [3.8, 4) is 11.1 Å². The summed E-state index contributed by atoms with van der Waals surface area (Å²) in [5, 5.41) is 15.2. The van der Waals surface area contributed by atoms with E-state index in [0.717, 1.165) is 29.8 Å². The van der Waals surface area contributed by atoms with Crippen molar-refractivity contribution in [2.75, 3.05) is 13.1 Å². The van der Waals surface area contributed by atoms with E-state index < -0.39 is 22.0 Å². The molecule has 33 heavy (non-hydrogen) atoms. The third kappa shape index (κ3) is 4.68. The number of thiophene rings is 1. The fraction of sp³-hybridized carbons (Fsp3) is 0.333. The Morgan fingerprint density at radius 3 is 2.55 bits per heavy atom. The number of alkyl halides is 3. The van der Waals surface area contributed by atoms with E-state index in [1.54, 1.807) is 22.1 Å². The Morgan fingerprint density at radius 2 is 1.97 bits per heavy atom. The number of nitrogens with zero attached hydrogens (tertiary/aromatic N) is 3. The number of likely N-dealkylation sites (tertiary alicyclic amines) is 1. The van der Waals surface area contributed by atoms with Crippen LogP contribution in [0.15, 0.2) is 52.3 Å². The molecule has 0 radical (unpaired) electrons. The van der Waals surface area contributed by atoms with Gasteiger partial charge in [0.05, 0.1) is 16.3 Å². The monoisotopic (exact) mass is 499 g/mol. The number of halogens is 3. The minimum atomic E-state index is -5.08. The molecular formula is C21H20F3N3O4S2. The lowest BCUT2D eigenvalue weighted by molar-refractivity contribution is -0.192. The topological polar surface area (TPSA) is 92.5 Å². The van der Waals surface area contributed by atoms with Gasteiger partial charge in [0.25, 0.3) is 0 Å². The van der Waals surface area contributed by atoms with Crippen LogP contribution in [0.2, 0.25) is 0 Å². The molecule has 176 valence electrons. The molecule has 0 spiro atoms. The zero-order chi connectivity index (χ0) is 24.0. The highest BCUT2D eigenvalue weighted by Crippen LogP contribution is 2.46. The van der Waals surface area contributed by atoms with Crippen LogP contribution in [0, 0.1) is 0 Å². The summed E-state index contributed by atoms with van der Waals surface area (Å²) in [6.07, 6.45) is -1.31. The van der Waals surface area contributed by atoms with Crippen LogP contribution >= 0.6 is 11.3 Å². The van der Waals surface area contributed by atoms with E-state index >= 15 is 0 Å². The highest BCUT2D eigenvalue weighted by Gasteiger charge is 2.50. The second kappa shape index (κ2) is 8.58. The van der Waals surface area contributed by atoms with Crippen molar-refractivity contribution < 1.29 is 31.5 Å². The molecule has 2 unspecified atom stereocenters. The average molecular weight is 500 g/mol. The number of benzene rings is 1. The normalized spacial score (nSPS) is 21.2. The Kier molecular flexibility index (Phi) is 6.10. The van der Waals surface area contributed by atoms with Gasteiger partial charge in [0, 0.05) is 44.4 Å². The van der Waals surface area contributed by atoms with E-state index in [1.807, 2.05) is 25.5 Å². The van der Waals surface area contributed by atoms with Crippen molar-refractivity contribution in [3.05, 3.63) is 58.5 Å². The van der Waals surface area contributed by atoms with E-state index in [4.69, 9.17) is 9.90 Å². The molecule has 12 heteroatoms. The van der Waals surface area contributed by atoms with Crippen LogP contribution in [-0.4, -0.2) is 58.7 Å². The van der Waals surface area contributed by atoms with Crippen LogP contribution in [0.5, 0.6) is 0 Å². The molecule has 0 bridgehead atoms. The van der Waals surface area contributed by atoms with E-state index in [-0.39, 0.29) is 11.2 Å². The maximum Gasteiger partial charge on any atom is 0.490 e. The first kappa shape index (κ1) is 23.5. The number of rotatable bonds is 3. The summed E-state index contributed by atoms with van der Waals surface area (Å²) in [5.74, 6) is -2.70. The van der Waals surface area contributed by atoms with E-state index in [9.17, 15) is 21.6 Å². The number of carbonyl (C=O) groups is 1. The molecule has 4 heterocycles. The van der Waals surface area contributed by atoms with Crippen molar-refractivity contribution in [2.45, 2.75) is 28.8 Å². The molecule has 2 aliphatic heterocycles. The van der Waals surface area contributed by atoms with Crippen LogP contribution < -0.4 is 0 Å². The number of sulfone groups is 1. The zero-order valence-corrected chi connectivity index (χ0v) is 19.0. The lowest BCUT2D eigenvalue weighted by Crippen LogP contribution is -2.25. The smallest absolute Gasteiger partial charge is 0.475 e. The van der Waals surface area contributed by atoms with Crippen molar-refractivity contribution in [1.82, 2.24) is 14.7 Å². The molecular weight excluding hydrogens is 479 g/mol. The lowest BCUT2D eigenvalue weighted by atomic mass is 9.95. The van der Waals surface area contributed by atoms with E-state index in [1.165, 1.54) is 5.56 Å². The fourth-order valence-corrected chi connectivity index (χ4v) is 7.10. The first-order valence-electron chi connectivity index (χ1n) is 9.87. The number of aromatic nitrogens is 2. The Balaban J connectivity index is 0.000000325. The van der Waals surface area contributed by atoms with Gasteiger partial charge in [-0.15, -0.1) is 0 Å². The first-order chi connectivity index (χ1) is 15.5. The van der Waals surface area contributed by atoms with Crippen molar-refractivity contribution in [3.63, 3.8) is 0 Å². The number of carboxylic acid groups (broad SMARTS) is 1. The summed E-state index contributed by atoms with van der Waals surface area (Å²) < 4.78 is 59.5. The SMILES string of the molecule is Cn1cc(-c2ccc3c(c2)C2CN(Cc4ccsc4)CC2S3(=O)=O)cn1.O=C(O)C(F)(F)F. The second-order valence-corrected chi connectivity index (χ2v) is 10.9. The molecule has 1 saturated heterocycles. The molecule has 0 saturated carbocycles. The summed E-state index contributed by atoms with van der Waals surface area (Å²) in [4.78, 5) is 11.7. The van der Waals surface area contributed by atoms with E-state index in [0.29, 0.717) is 11.4 Å². The molecule has 2 atom stereocenters. The van der Waals surface area contributed by atoms with Crippen LogP contribution in [0.25, 0.3) is 11.1 Å². The minimum absolute atomic E-state index is 0.0604. The third-order valence-electron chi connectivity index (χ3n) is 5.72. The van der Waals surface area contributed by atoms with Gasteiger partial charge in [-0.25, -0.2) is 13.2 Å². The van der Waals surface area contributed by atoms with Gasteiger partial charge in [-0.2, -0.15) is 29.6 Å². The number of aliphatic carboxylic acids is 1. The number of fused-ring (bicyclic) bond motifs is 3. The van der Waals surface area contributed by atoms with Gasteiger partial charge in [0.15, 0.2) is 9.84 Å². The number of aryl methyl sites for hydroxylation is 1. The highest BCUT2D eigenvalue weighted by molar-refractivity contribution is 7.92. The van der Waals surface area contributed by atoms with Gasteiger partial charge in [-0.05, 0) is 45.6 Å². The Hall–Kier alpha value is -2.70. The van der Waals surface area contributed by atoms with Gasteiger partial charge in [-0.3, -0.25) is 9.58 Å². The number of hydrogen-bond donors (Lipinski definition) is 1. The second-order valence-electron chi connectivity index (χ2n) is 7.97. The average Bonchev–Trinajstić information content (AvgIpc) is 3.51. The molecule has 2 aromatic heterocycles. The molecule has 0 aliphatic carbocycles. The highest BCUT2D eigenvalue weighted by atomic mass is 32.2. The maximum atomic E-state index is 13.0. The largest absolute Gasteiger partial charge is 0.490 e. The van der Waals surface area contributed by atoms with Gasteiger partial charge >= 0.3 is 12.1 Å². The number of carboxylic acids is 1. The summed E-state index contributed by atoms with van der Waals surface area (Å²) in [7, 11) is -1.36. The molecule has 5 rings (SSSR count). The molecule has 1 aromatic carbocycles. The standard InChI is InChI=1S/C19H19N3O2S2.C2HF3O2/c1-21-9-15(7-20-21)14-2-3-18-16(6-14)17-10-22(8-13-4-5-25-12-13)11-19(17)26(18,23)24;3-2(4,5)1(6)7/h2-7,9,12,17,19H,8,10-11H2,1H3;(H,6,7). The number of hydrogen-bond acceptors (Lipinski definition) is 6. The minimum Gasteiger partial charge on any atom is -0.475 e. The first-order valence-corrected chi connectivity index (χ1v) is 12.4. The molecule has 0 amide bonds. The van der Waals surface area contributed by atoms with Crippen LogP contribution in [-0.2, 0) is 28.2 Å². The predicted octanol–water partition coefficient (Wildman–Crippen LogP) is 3.54. The summed E-state index contributed by atoms with van der Waals surface area (Å²) in [6, 6.07) is 7.86. The molecule has 3 aromatic rings. The van der Waals surface area contributed by atoms with Crippen molar-refractivity contribution in [1.29, 1.82) is 0 Å². The third-order valence-corrected chi connectivity index (χ3v) is 8.71. The summed E-state index contributed by atoms with van der Waals surface area (Å²) >= 11 is 1.68. The van der Waals surface area contributed by atoms with E-state index in [2.05, 4.69) is 32.9 Å².